The third kappa shape index (κ3) is 3.83. The Morgan fingerprint density at radius 1 is 1.08 bits per heavy atom. The highest BCUT2D eigenvalue weighted by Gasteiger charge is 2.29. The molecule has 0 bridgehead atoms. The van der Waals surface area contributed by atoms with Crippen LogP contribution in [-0.2, 0) is 9.53 Å². The second-order valence-electron chi connectivity index (χ2n) is 6.27. The molecule has 0 aliphatic carbocycles. The largest absolute Gasteiger partial charge is 0.379 e. The van der Waals surface area contributed by atoms with Gasteiger partial charge in [-0.25, -0.2) is 0 Å². The average Bonchev–Trinajstić information content (AvgIpc) is 2.60. The van der Waals surface area contributed by atoms with Crippen LogP contribution in [0.25, 0.3) is 0 Å². The maximum absolute atomic E-state index is 13.1. The first-order valence-corrected chi connectivity index (χ1v) is 8.40. The summed E-state index contributed by atoms with van der Waals surface area (Å²) >= 11 is 0. The number of aryl methyl sites for hydroxylation is 2. The lowest BCUT2D eigenvalue weighted by molar-refractivity contribution is -0.123. The number of hydrogen-bond donors (Lipinski definition) is 1. The Hall–Kier alpha value is -2.17. The molecule has 4 nitrogen and oxygen atoms in total. The first kappa shape index (κ1) is 16.7. The van der Waals surface area contributed by atoms with Gasteiger partial charge in [0, 0.05) is 18.8 Å². The molecule has 1 aliphatic heterocycles. The number of benzene rings is 2. The van der Waals surface area contributed by atoms with Crippen LogP contribution >= 0.6 is 0 Å². The van der Waals surface area contributed by atoms with Gasteiger partial charge in [0.25, 0.3) is 0 Å². The van der Waals surface area contributed by atoms with Crippen molar-refractivity contribution >= 4 is 11.6 Å². The number of amides is 1. The molecular weight excluding hydrogens is 300 g/mol. The summed E-state index contributed by atoms with van der Waals surface area (Å²) in [5, 5.41) is 3.13. The van der Waals surface area contributed by atoms with E-state index < -0.39 is 0 Å². The molecule has 0 radical (unpaired) electrons. The molecule has 2 aromatic rings. The zero-order valence-corrected chi connectivity index (χ0v) is 14.3. The number of morpholine rings is 1. The molecule has 2 aromatic carbocycles. The Morgan fingerprint density at radius 3 is 2.50 bits per heavy atom. The molecule has 1 saturated heterocycles. The van der Waals surface area contributed by atoms with Crippen molar-refractivity contribution in [1.29, 1.82) is 0 Å². The number of hydrogen-bond acceptors (Lipinski definition) is 3. The number of nitrogens with one attached hydrogen (secondary N) is 1. The Balaban J connectivity index is 1.87. The molecule has 24 heavy (non-hydrogen) atoms. The van der Waals surface area contributed by atoms with Gasteiger partial charge in [-0.2, -0.15) is 0 Å². The molecule has 1 amide bonds. The fourth-order valence-corrected chi connectivity index (χ4v) is 3.07. The normalized spacial score (nSPS) is 16.6. The van der Waals surface area contributed by atoms with E-state index in [2.05, 4.69) is 16.3 Å². The second-order valence-corrected chi connectivity index (χ2v) is 6.27. The summed E-state index contributed by atoms with van der Waals surface area (Å²) in [5.74, 6) is 0.0109. The Labute approximate surface area is 143 Å². The minimum atomic E-state index is -0.296. The zero-order valence-electron chi connectivity index (χ0n) is 14.3. The summed E-state index contributed by atoms with van der Waals surface area (Å²) in [6.07, 6.45) is 0. The quantitative estimate of drug-likeness (QED) is 0.938. The van der Waals surface area contributed by atoms with E-state index in [4.69, 9.17) is 4.74 Å². The van der Waals surface area contributed by atoms with Crippen LogP contribution in [0.2, 0.25) is 0 Å². The molecule has 0 spiro atoms. The molecule has 126 valence electrons. The van der Waals surface area contributed by atoms with Gasteiger partial charge in [-0.3, -0.25) is 9.69 Å². The molecule has 1 N–H and O–H groups in total. The van der Waals surface area contributed by atoms with Gasteiger partial charge in [-0.1, -0.05) is 42.5 Å². The van der Waals surface area contributed by atoms with Crippen LogP contribution in [0.5, 0.6) is 0 Å². The fourth-order valence-electron chi connectivity index (χ4n) is 3.07. The van der Waals surface area contributed by atoms with Crippen LogP contribution in [0.4, 0.5) is 5.69 Å². The van der Waals surface area contributed by atoms with Crippen molar-refractivity contribution in [2.75, 3.05) is 31.6 Å². The number of carbonyl (C=O) groups is 1. The van der Waals surface area contributed by atoms with E-state index in [9.17, 15) is 4.79 Å². The van der Waals surface area contributed by atoms with Crippen molar-refractivity contribution in [2.45, 2.75) is 19.9 Å². The minimum Gasteiger partial charge on any atom is -0.379 e. The minimum absolute atomic E-state index is 0.0109. The van der Waals surface area contributed by atoms with Gasteiger partial charge in [0.1, 0.15) is 6.04 Å². The van der Waals surface area contributed by atoms with E-state index in [1.165, 1.54) is 0 Å². The number of anilines is 1. The van der Waals surface area contributed by atoms with Crippen LogP contribution in [0.3, 0.4) is 0 Å². The Bertz CT molecular complexity index is 694. The highest BCUT2D eigenvalue weighted by molar-refractivity contribution is 5.96. The highest BCUT2D eigenvalue weighted by atomic mass is 16.5. The maximum atomic E-state index is 13.1. The number of ether oxygens (including phenoxy) is 1. The van der Waals surface area contributed by atoms with Crippen molar-refractivity contribution < 1.29 is 9.53 Å². The van der Waals surface area contributed by atoms with E-state index in [1.807, 2.05) is 56.3 Å². The van der Waals surface area contributed by atoms with Gasteiger partial charge in [0.15, 0.2) is 0 Å². The first-order valence-electron chi connectivity index (χ1n) is 8.40. The van der Waals surface area contributed by atoms with Crippen molar-refractivity contribution in [1.82, 2.24) is 4.90 Å². The van der Waals surface area contributed by atoms with Crippen LogP contribution in [0.1, 0.15) is 22.7 Å². The second kappa shape index (κ2) is 7.60. The van der Waals surface area contributed by atoms with Crippen LogP contribution in [0, 0.1) is 13.8 Å². The van der Waals surface area contributed by atoms with Crippen LogP contribution in [-0.4, -0.2) is 37.1 Å². The van der Waals surface area contributed by atoms with Gasteiger partial charge >= 0.3 is 0 Å². The third-order valence-corrected chi connectivity index (χ3v) is 4.43. The smallest absolute Gasteiger partial charge is 0.246 e. The van der Waals surface area contributed by atoms with Crippen molar-refractivity contribution in [3.63, 3.8) is 0 Å². The summed E-state index contributed by atoms with van der Waals surface area (Å²) in [4.78, 5) is 15.3. The van der Waals surface area contributed by atoms with Gasteiger partial charge in [0.2, 0.25) is 5.91 Å². The lowest BCUT2D eigenvalue weighted by Crippen LogP contribution is -2.43. The first-order chi connectivity index (χ1) is 11.6. The van der Waals surface area contributed by atoms with E-state index in [0.29, 0.717) is 13.2 Å². The number of carbonyl (C=O) groups excluding carboxylic acids is 1. The topological polar surface area (TPSA) is 41.6 Å². The molecule has 1 aliphatic rings. The molecule has 4 heteroatoms. The van der Waals surface area contributed by atoms with Crippen molar-refractivity contribution in [3.05, 3.63) is 65.2 Å². The Morgan fingerprint density at radius 2 is 1.79 bits per heavy atom. The number of nitrogens with zero attached hydrogens (tertiary/aromatic N) is 1. The third-order valence-electron chi connectivity index (χ3n) is 4.43. The molecule has 1 heterocycles. The maximum Gasteiger partial charge on any atom is 0.246 e. The van der Waals surface area contributed by atoms with E-state index in [-0.39, 0.29) is 11.9 Å². The summed E-state index contributed by atoms with van der Waals surface area (Å²) in [7, 11) is 0. The van der Waals surface area contributed by atoms with E-state index >= 15 is 0 Å². The predicted molar refractivity (Wildman–Crippen MR) is 96.1 cm³/mol. The Kier molecular flexibility index (Phi) is 5.28. The highest BCUT2D eigenvalue weighted by Crippen LogP contribution is 2.25. The molecule has 1 fully saturated rings. The molecule has 1 atom stereocenters. The molecule has 0 saturated carbocycles. The van der Waals surface area contributed by atoms with Crippen molar-refractivity contribution in [2.24, 2.45) is 0 Å². The zero-order chi connectivity index (χ0) is 16.9. The summed E-state index contributed by atoms with van der Waals surface area (Å²) < 4.78 is 5.45. The van der Waals surface area contributed by atoms with Gasteiger partial charge in [0.05, 0.1) is 13.2 Å². The monoisotopic (exact) mass is 324 g/mol. The van der Waals surface area contributed by atoms with Gasteiger partial charge in [-0.05, 0) is 36.6 Å². The fraction of sp³-hybridized carbons (Fsp3) is 0.350. The predicted octanol–water partition coefficient (Wildman–Crippen LogP) is 3.32. The molecular formula is C20H24N2O2. The van der Waals surface area contributed by atoms with E-state index in [0.717, 1.165) is 35.5 Å². The van der Waals surface area contributed by atoms with E-state index in [1.54, 1.807) is 0 Å². The molecule has 3 rings (SSSR count). The average molecular weight is 324 g/mol. The summed E-state index contributed by atoms with van der Waals surface area (Å²) in [6.45, 7) is 6.91. The summed E-state index contributed by atoms with van der Waals surface area (Å²) in [5.41, 5.74) is 4.11. The number of rotatable bonds is 4. The lowest BCUT2D eigenvalue weighted by Gasteiger charge is -2.34. The van der Waals surface area contributed by atoms with Gasteiger partial charge < -0.3 is 10.1 Å². The molecule has 0 unspecified atom stereocenters. The van der Waals surface area contributed by atoms with Crippen molar-refractivity contribution in [3.8, 4) is 0 Å². The summed E-state index contributed by atoms with van der Waals surface area (Å²) in [6, 6.07) is 15.8. The molecule has 0 aromatic heterocycles. The van der Waals surface area contributed by atoms with Crippen LogP contribution in [0.15, 0.2) is 48.5 Å². The van der Waals surface area contributed by atoms with Crippen LogP contribution < -0.4 is 5.32 Å². The van der Waals surface area contributed by atoms with Gasteiger partial charge in [-0.15, -0.1) is 0 Å². The SMILES string of the molecule is Cc1ccc(C)c(NC(=O)[C@H](c2ccccc2)N2CCOCC2)c1. The lowest BCUT2D eigenvalue weighted by atomic mass is 10.0. The standard InChI is InChI=1S/C20H24N2O2/c1-15-8-9-16(2)18(14-15)21-20(23)19(17-6-4-3-5-7-17)22-10-12-24-13-11-22/h3-9,14,19H,10-13H2,1-2H3,(H,21,23)/t19-/m0/s1.